The molecule has 2 rings (SSSR count). The van der Waals surface area contributed by atoms with Crippen molar-refractivity contribution in [2.75, 3.05) is 20.2 Å². The number of carbonyl (C=O) groups is 2. The van der Waals surface area contributed by atoms with Crippen LogP contribution in [-0.2, 0) is 14.3 Å². The van der Waals surface area contributed by atoms with E-state index in [1.165, 1.54) is 7.11 Å². The molecular formula is C14H20N2O4S. The van der Waals surface area contributed by atoms with Gasteiger partial charge in [0.15, 0.2) is 0 Å². The summed E-state index contributed by atoms with van der Waals surface area (Å²) in [5.41, 5.74) is 0. The number of thiophene rings is 1. The summed E-state index contributed by atoms with van der Waals surface area (Å²) in [5.74, 6) is -0.579. The Hall–Kier alpha value is -1.44. The number of rotatable bonds is 5. The van der Waals surface area contributed by atoms with Gasteiger partial charge in [0, 0.05) is 17.8 Å². The van der Waals surface area contributed by atoms with Crippen molar-refractivity contribution in [1.29, 1.82) is 0 Å². The molecular weight excluding hydrogens is 292 g/mol. The Bertz CT molecular complexity index is 491. The molecule has 116 valence electrons. The first-order valence-electron chi connectivity index (χ1n) is 6.84. The molecule has 0 saturated carbocycles. The van der Waals surface area contributed by atoms with Gasteiger partial charge < -0.3 is 15.2 Å². The van der Waals surface area contributed by atoms with Gasteiger partial charge >= 0.3 is 5.97 Å². The Balaban J connectivity index is 1.90. The van der Waals surface area contributed by atoms with Gasteiger partial charge in [0.1, 0.15) is 6.04 Å². The Morgan fingerprint density at radius 1 is 1.62 bits per heavy atom. The van der Waals surface area contributed by atoms with E-state index in [4.69, 9.17) is 4.74 Å². The number of aliphatic hydroxyl groups excluding tert-OH is 1. The lowest BCUT2D eigenvalue weighted by Gasteiger charge is -2.22. The molecule has 1 amide bonds. The summed E-state index contributed by atoms with van der Waals surface area (Å²) in [7, 11) is 1.31. The molecule has 1 fully saturated rings. The van der Waals surface area contributed by atoms with Crippen LogP contribution in [0.2, 0.25) is 0 Å². The molecule has 1 aliphatic heterocycles. The molecule has 0 spiro atoms. The smallest absolute Gasteiger partial charge is 0.323 e. The molecule has 6 nitrogen and oxygen atoms in total. The van der Waals surface area contributed by atoms with Gasteiger partial charge in [-0.2, -0.15) is 0 Å². The number of aliphatic hydroxyl groups is 1. The van der Waals surface area contributed by atoms with Crippen LogP contribution >= 0.6 is 11.3 Å². The zero-order valence-corrected chi connectivity index (χ0v) is 12.9. The van der Waals surface area contributed by atoms with E-state index in [2.05, 4.69) is 5.32 Å². The maximum absolute atomic E-state index is 12.1. The number of β-amino-alcohol motifs (C(OH)–C–C–N with tert-alkyl or cyclic N) is 1. The molecule has 0 radical (unpaired) electrons. The van der Waals surface area contributed by atoms with Crippen LogP contribution in [0, 0.1) is 0 Å². The minimum absolute atomic E-state index is 0.0680. The monoisotopic (exact) mass is 312 g/mol. The lowest BCUT2D eigenvalue weighted by Crippen LogP contribution is -2.44. The van der Waals surface area contributed by atoms with E-state index >= 15 is 0 Å². The lowest BCUT2D eigenvalue weighted by atomic mass is 10.2. The predicted molar refractivity (Wildman–Crippen MR) is 78.9 cm³/mol. The van der Waals surface area contributed by atoms with E-state index in [9.17, 15) is 14.7 Å². The largest absolute Gasteiger partial charge is 0.468 e. The van der Waals surface area contributed by atoms with E-state index in [1.807, 2.05) is 24.4 Å². The highest BCUT2D eigenvalue weighted by atomic mass is 32.1. The number of carbonyl (C=O) groups excluding carboxylic acids is 2. The van der Waals surface area contributed by atoms with Crippen molar-refractivity contribution in [2.45, 2.75) is 31.5 Å². The van der Waals surface area contributed by atoms with E-state index in [-0.39, 0.29) is 18.5 Å². The van der Waals surface area contributed by atoms with Crippen LogP contribution in [0.1, 0.15) is 24.3 Å². The molecule has 1 aromatic heterocycles. The van der Waals surface area contributed by atoms with Crippen molar-refractivity contribution in [1.82, 2.24) is 10.2 Å². The number of nitrogens with zero attached hydrogens (tertiary/aromatic N) is 1. The first-order valence-corrected chi connectivity index (χ1v) is 7.72. The Kier molecular flexibility index (Phi) is 5.33. The normalized spacial score (nSPS) is 23.8. The number of nitrogens with one attached hydrogen (secondary N) is 1. The molecule has 1 aliphatic rings. The van der Waals surface area contributed by atoms with Crippen molar-refractivity contribution >= 4 is 23.2 Å². The van der Waals surface area contributed by atoms with E-state index in [0.717, 1.165) is 4.88 Å². The molecule has 0 aliphatic carbocycles. The molecule has 21 heavy (non-hydrogen) atoms. The lowest BCUT2D eigenvalue weighted by molar-refractivity contribution is -0.146. The third kappa shape index (κ3) is 4.03. The minimum Gasteiger partial charge on any atom is -0.468 e. The summed E-state index contributed by atoms with van der Waals surface area (Å²) in [6.07, 6.45) is -0.294. The number of esters is 1. The highest BCUT2D eigenvalue weighted by molar-refractivity contribution is 7.10. The highest BCUT2D eigenvalue weighted by Crippen LogP contribution is 2.20. The Morgan fingerprint density at radius 2 is 2.38 bits per heavy atom. The second-order valence-corrected chi connectivity index (χ2v) is 6.14. The Morgan fingerprint density at radius 3 is 3.00 bits per heavy atom. The third-order valence-corrected chi connectivity index (χ3v) is 4.60. The van der Waals surface area contributed by atoms with Gasteiger partial charge in [0.25, 0.3) is 0 Å². The number of amides is 1. The molecule has 3 atom stereocenters. The van der Waals surface area contributed by atoms with Crippen LogP contribution in [-0.4, -0.2) is 54.2 Å². The van der Waals surface area contributed by atoms with Crippen LogP contribution in [0.15, 0.2) is 17.5 Å². The second-order valence-electron chi connectivity index (χ2n) is 5.16. The quantitative estimate of drug-likeness (QED) is 0.776. The maximum atomic E-state index is 12.1. The number of hydrogen-bond donors (Lipinski definition) is 2. The second kappa shape index (κ2) is 7.02. The molecule has 7 heteroatoms. The molecule has 0 aromatic carbocycles. The van der Waals surface area contributed by atoms with Crippen molar-refractivity contribution in [3.8, 4) is 0 Å². The molecule has 1 saturated heterocycles. The summed E-state index contributed by atoms with van der Waals surface area (Å²) in [6, 6.07) is 3.29. The molecule has 2 N–H and O–H groups in total. The molecule has 0 bridgehead atoms. The average Bonchev–Trinajstić information content (AvgIpc) is 3.07. The number of ether oxygens (including phenoxy) is 1. The van der Waals surface area contributed by atoms with Crippen molar-refractivity contribution in [2.24, 2.45) is 0 Å². The standard InChI is InChI=1S/C14H20N2O4S/c1-9(12-4-3-5-21-12)15-13(18)8-16-7-10(17)6-11(16)14(19)20-2/h3-5,9-11,17H,6-8H2,1-2H3,(H,15,18). The van der Waals surface area contributed by atoms with Crippen LogP contribution in [0.25, 0.3) is 0 Å². The summed E-state index contributed by atoms with van der Waals surface area (Å²) < 4.78 is 4.71. The van der Waals surface area contributed by atoms with Gasteiger partial charge in [0.2, 0.25) is 5.91 Å². The van der Waals surface area contributed by atoms with E-state index < -0.39 is 18.1 Å². The van der Waals surface area contributed by atoms with Gasteiger partial charge in [-0.25, -0.2) is 0 Å². The van der Waals surface area contributed by atoms with Crippen LogP contribution in [0.3, 0.4) is 0 Å². The van der Waals surface area contributed by atoms with Gasteiger partial charge in [0.05, 0.1) is 25.8 Å². The maximum Gasteiger partial charge on any atom is 0.323 e. The van der Waals surface area contributed by atoms with E-state index in [1.54, 1.807) is 16.2 Å². The SMILES string of the molecule is COC(=O)C1CC(O)CN1CC(=O)NC(C)c1cccs1. The zero-order chi connectivity index (χ0) is 15.4. The zero-order valence-electron chi connectivity index (χ0n) is 12.1. The van der Waals surface area contributed by atoms with Crippen molar-refractivity contribution < 1.29 is 19.4 Å². The van der Waals surface area contributed by atoms with Gasteiger partial charge in [-0.05, 0) is 18.4 Å². The molecule has 3 unspecified atom stereocenters. The minimum atomic E-state index is -0.600. The van der Waals surface area contributed by atoms with Crippen molar-refractivity contribution in [3.63, 3.8) is 0 Å². The summed E-state index contributed by atoms with van der Waals surface area (Å²) in [6.45, 7) is 2.30. The van der Waals surface area contributed by atoms with Gasteiger partial charge in [-0.15, -0.1) is 11.3 Å². The summed E-state index contributed by atoms with van der Waals surface area (Å²) >= 11 is 1.58. The fourth-order valence-corrected chi connectivity index (χ4v) is 3.25. The fraction of sp³-hybridized carbons (Fsp3) is 0.571. The van der Waals surface area contributed by atoms with Gasteiger partial charge in [-0.1, -0.05) is 6.07 Å². The van der Waals surface area contributed by atoms with Crippen molar-refractivity contribution in [3.05, 3.63) is 22.4 Å². The molecule has 2 heterocycles. The predicted octanol–water partition coefficient (Wildman–Crippen LogP) is 0.534. The first-order chi connectivity index (χ1) is 10.0. The first kappa shape index (κ1) is 15.9. The average molecular weight is 312 g/mol. The number of hydrogen-bond acceptors (Lipinski definition) is 6. The van der Waals surface area contributed by atoms with Crippen LogP contribution in [0.5, 0.6) is 0 Å². The fourth-order valence-electron chi connectivity index (χ4n) is 2.52. The van der Waals surface area contributed by atoms with Gasteiger partial charge in [-0.3, -0.25) is 14.5 Å². The number of methoxy groups -OCH3 is 1. The summed E-state index contributed by atoms with van der Waals surface area (Å²) in [4.78, 5) is 26.5. The van der Waals surface area contributed by atoms with Crippen LogP contribution < -0.4 is 5.32 Å². The van der Waals surface area contributed by atoms with E-state index in [0.29, 0.717) is 13.0 Å². The molecule has 1 aromatic rings. The van der Waals surface area contributed by atoms with Crippen LogP contribution in [0.4, 0.5) is 0 Å². The topological polar surface area (TPSA) is 78.9 Å². The third-order valence-electron chi connectivity index (χ3n) is 3.55. The summed E-state index contributed by atoms with van der Waals surface area (Å²) in [5, 5.41) is 14.5. The highest BCUT2D eigenvalue weighted by Gasteiger charge is 2.37. The Labute approximate surface area is 127 Å². The number of likely N-dealkylation sites (tertiary alicyclic amines) is 1.